The maximum atomic E-state index is 2.33. The Morgan fingerprint density at radius 2 is 0.519 bits per heavy atom. The minimum Gasteiger partial charge on any atom is -0.311 e. The smallest absolute Gasteiger partial charge is 0.0462 e. The molecule has 1 nitrogen and oxygen atoms in total. The summed E-state index contributed by atoms with van der Waals surface area (Å²) in [6.45, 7) is 2.12. The van der Waals surface area contributed by atoms with Gasteiger partial charge < -0.3 is 4.90 Å². The van der Waals surface area contributed by atoms with Crippen molar-refractivity contribution in [2.75, 3.05) is 42.4 Å². The first-order valence-electron chi connectivity index (χ1n) is 17.7. The standard InChI is InChI=1S/C49H51NS2/c1-38-8-10-39(11-9-38)12-13-40-18-28-45(29-19-40)50(46-30-20-41(21-31-46)14-16-43-24-34-48(35-25-43)51(2,3)4)47-32-22-42(23-33-47)15-17-44-26-36-49(37-27-44)52(5,6)7/h8-37H,1-7H3/b13-12+,16-14+,17-15+. The predicted molar refractivity (Wildman–Crippen MR) is 239 cm³/mol. The molecule has 0 bridgehead atoms. The van der Waals surface area contributed by atoms with Crippen molar-refractivity contribution in [3.63, 3.8) is 0 Å². The zero-order valence-electron chi connectivity index (χ0n) is 31.6. The second kappa shape index (κ2) is 16.2. The minimum atomic E-state index is -0.721. The Labute approximate surface area is 315 Å². The molecule has 0 saturated carbocycles. The highest BCUT2D eigenvalue weighted by Crippen LogP contribution is 2.45. The number of anilines is 3. The van der Waals surface area contributed by atoms with E-state index in [1.807, 2.05) is 0 Å². The van der Waals surface area contributed by atoms with Crippen LogP contribution in [0.1, 0.15) is 38.9 Å². The quantitative estimate of drug-likeness (QED) is 0.121. The minimum absolute atomic E-state index is 0.721. The highest BCUT2D eigenvalue weighted by atomic mass is 32.3. The summed E-state index contributed by atoms with van der Waals surface area (Å²) >= 11 is 0. The second-order valence-electron chi connectivity index (χ2n) is 14.8. The Morgan fingerprint density at radius 3 is 0.750 bits per heavy atom. The maximum absolute atomic E-state index is 2.33. The van der Waals surface area contributed by atoms with Gasteiger partial charge in [-0.3, -0.25) is 0 Å². The first-order valence-corrected chi connectivity index (χ1v) is 23.4. The summed E-state index contributed by atoms with van der Waals surface area (Å²) < 4.78 is 0. The van der Waals surface area contributed by atoms with Crippen molar-refractivity contribution in [1.29, 1.82) is 0 Å². The van der Waals surface area contributed by atoms with Gasteiger partial charge in [0.15, 0.2) is 0 Å². The molecular weight excluding hydrogens is 667 g/mol. The summed E-state index contributed by atoms with van der Waals surface area (Å²) in [5.74, 6) is 0. The summed E-state index contributed by atoms with van der Waals surface area (Å²) in [6.07, 6.45) is 27.1. The van der Waals surface area contributed by atoms with Gasteiger partial charge in [-0.2, -0.15) is 0 Å². The average molecular weight is 718 g/mol. The summed E-state index contributed by atoms with van der Waals surface area (Å²) in [5.41, 5.74) is 11.7. The molecule has 0 atom stereocenters. The molecule has 0 heterocycles. The van der Waals surface area contributed by atoms with Crippen LogP contribution in [0.2, 0.25) is 0 Å². The van der Waals surface area contributed by atoms with Gasteiger partial charge in [-0.15, -0.1) is 0 Å². The first-order chi connectivity index (χ1) is 24.9. The van der Waals surface area contributed by atoms with Crippen molar-refractivity contribution in [1.82, 2.24) is 0 Å². The average Bonchev–Trinajstić information content (AvgIpc) is 3.14. The summed E-state index contributed by atoms with van der Waals surface area (Å²) in [7, 11) is -1.44. The van der Waals surface area contributed by atoms with E-state index < -0.39 is 20.1 Å². The molecule has 0 aliphatic heterocycles. The lowest BCUT2D eigenvalue weighted by Gasteiger charge is -2.26. The van der Waals surface area contributed by atoms with Crippen LogP contribution in [-0.2, 0) is 0 Å². The number of nitrogens with zero attached hydrogens (tertiary/aromatic N) is 1. The van der Waals surface area contributed by atoms with Crippen LogP contribution >= 0.6 is 20.1 Å². The number of rotatable bonds is 11. The molecule has 0 unspecified atom stereocenters. The maximum Gasteiger partial charge on any atom is 0.0462 e. The Kier molecular flexibility index (Phi) is 11.4. The Balaban J connectivity index is 1.24. The van der Waals surface area contributed by atoms with Gasteiger partial charge in [-0.05, 0) is 148 Å². The highest BCUT2D eigenvalue weighted by molar-refractivity contribution is 8.32. The Bertz CT molecular complexity index is 2030. The van der Waals surface area contributed by atoms with E-state index in [9.17, 15) is 0 Å². The molecule has 6 aromatic rings. The third-order valence-electron chi connectivity index (χ3n) is 9.11. The Morgan fingerprint density at radius 1 is 0.308 bits per heavy atom. The lowest BCUT2D eigenvalue weighted by Crippen LogP contribution is -2.09. The fourth-order valence-electron chi connectivity index (χ4n) is 5.88. The van der Waals surface area contributed by atoms with Gasteiger partial charge in [0.25, 0.3) is 0 Å². The van der Waals surface area contributed by atoms with Gasteiger partial charge in [-0.25, -0.2) is 20.1 Å². The van der Waals surface area contributed by atoms with E-state index in [4.69, 9.17) is 0 Å². The number of aryl methyl sites for hydroxylation is 1. The third-order valence-corrected chi connectivity index (χ3v) is 12.5. The molecule has 3 heteroatoms. The van der Waals surface area contributed by atoms with Gasteiger partial charge in [0, 0.05) is 17.1 Å². The van der Waals surface area contributed by atoms with E-state index in [2.05, 4.69) is 231 Å². The van der Waals surface area contributed by atoms with E-state index >= 15 is 0 Å². The molecule has 0 saturated heterocycles. The number of benzene rings is 6. The molecule has 6 aromatic carbocycles. The molecule has 264 valence electrons. The fraction of sp³-hybridized carbons (Fsp3) is 0.143. The van der Waals surface area contributed by atoms with Crippen molar-refractivity contribution >= 4 is 73.6 Å². The molecule has 0 aromatic heterocycles. The zero-order valence-corrected chi connectivity index (χ0v) is 33.2. The summed E-state index contributed by atoms with van der Waals surface area (Å²) in [4.78, 5) is 5.19. The summed E-state index contributed by atoms with van der Waals surface area (Å²) in [6, 6.07) is 53.1. The molecule has 0 aliphatic rings. The van der Waals surface area contributed by atoms with Crippen LogP contribution in [0.3, 0.4) is 0 Å². The van der Waals surface area contributed by atoms with E-state index in [-0.39, 0.29) is 0 Å². The van der Waals surface area contributed by atoms with Crippen molar-refractivity contribution < 1.29 is 0 Å². The van der Waals surface area contributed by atoms with Crippen LogP contribution in [0.25, 0.3) is 36.5 Å². The van der Waals surface area contributed by atoms with Crippen LogP contribution < -0.4 is 4.90 Å². The van der Waals surface area contributed by atoms with E-state index in [0.29, 0.717) is 0 Å². The van der Waals surface area contributed by atoms with Crippen LogP contribution in [-0.4, -0.2) is 37.5 Å². The van der Waals surface area contributed by atoms with Crippen LogP contribution in [0.4, 0.5) is 17.1 Å². The molecule has 0 radical (unpaired) electrons. The third kappa shape index (κ3) is 9.88. The second-order valence-corrected chi connectivity index (χ2v) is 23.1. The molecule has 0 N–H and O–H groups in total. The van der Waals surface area contributed by atoms with E-state index in [0.717, 1.165) is 17.1 Å². The van der Waals surface area contributed by atoms with Crippen LogP contribution in [0.5, 0.6) is 0 Å². The first kappa shape index (κ1) is 36.8. The van der Waals surface area contributed by atoms with E-state index in [1.165, 1.54) is 48.7 Å². The lowest BCUT2D eigenvalue weighted by atomic mass is 10.1. The number of hydrogen-bond donors (Lipinski definition) is 0. The Hall–Kier alpha value is -4.96. The highest BCUT2D eigenvalue weighted by Gasteiger charge is 2.13. The summed E-state index contributed by atoms with van der Waals surface area (Å²) in [5, 5.41) is 0. The van der Waals surface area contributed by atoms with Crippen molar-refractivity contribution in [3.8, 4) is 0 Å². The van der Waals surface area contributed by atoms with Crippen molar-refractivity contribution in [2.45, 2.75) is 16.7 Å². The fourth-order valence-corrected chi connectivity index (χ4v) is 7.79. The van der Waals surface area contributed by atoms with Crippen molar-refractivity contribution in [2.24, 2.45) is 0 Å². The van der Waals surface area contributed by atoms with Gasteiger partial charge >= 0.3 is 0 Å². The monoisotopic (exact) mass is 717 g/mol. The predicted octanol–water partition coefficient (Wildman–Crippen LogP) is 14.1. The normalized spacial score (nSPS) is 12.9. The van der Waals surface area contributed by atoms with E-state index in [1.54, 1.807) is 0 Å². The topological polar surface area (TPSA) is 3.24 Å². The molecule has 0 fully saturated rings. The van der Waals surface area contributed by atoms with Gasteiger partial charge in [0.05, 0.1) is 0 Å². The van der Waals surface area contributed by atoms with Crippen LogP contribution in [0, 0.1) is 6.92 Å². The largest absolute Gasteiger partial charge is 0.311 e. The van der Waals surface area contributed by atoms with Gasteiger partial charge in [-0.1, -0.05) is 127 Å². The molecule has 52 heavy (non-hydrogen) atoms. The van der Waals surface area contributed by atoms with Crippen molar-refractivity contribution in [3.05, 3.63) is 185 Å². The molecular formula is C49H51NS2. The molecule has 0 aliphatic carbocycles. The SMILES string of the molecule is Cc1ccc(/C=C/c2ccc(N(c3ccc(/C=C/c4ccc(S(C)(C)C)cc4)cc3)c3ccc(/C=C/c4ccc(S(C)(C)C)cc4)cc3)cc2)cc1. The number of hydrogen-bond acceptors (Lipinski definition) is 1. The van der Waals surface area contributed by atoms with Gasteiger partial charge in [0.2, 0.25) is 0 Å². The van der Waals surface area contributed by atoms with Crippen LogP contribution in [0.15, 0.2) is 155 Å². The molecule has 6 rings (SSSR count). The lowest BCUT2D eigenvalue weighted by molar-refractivity contribution is 1.28. The zero-order chi connectivity index (χ0) is 36.7. The molecule has 0 amide bonds. The molecule has 0 spiro atoms. The van der Waals surface area contributed by atoms with Gasteiger partial charge in [0.1, 0.15) is 0 Å².